The van der Waals surface area contributed by atoms with E-state index in [1.165, 1.54) is 33.8 Å². The summed E-state index contributed by atoms with van der Waals surface area (Å²) in [5, 5.41) is 25.8. The Bertz CT molecular complexity index is 1390. The summed E-state index contributed by atoms with van der Waals surface area (Å²) in [4.78, 5) is 23.3. The molecule has 3 heterocycles. The number of nitro groups is 1. The molecular weight excluding hydrogens is 492 g/mol. The number of amides is 1. The summed E-state index contributed by atoms with van der Waals surface area (Å²) < 4.78 is 22.0. The number of carbonyl (C=O) groups is 1. The molecule has 0 spiro atoms. The molecule has 0 aliphatic rings. The number of nitrogens with zero attached hydrogens (tertiary/aromatic N) is 6. The van der Waals surface area contributed by atoms with E-state index in [1.807, 2.05) is 0 Å². The van der Waals surface area contributed by atoms with Gasteiger partial charge in [0.1, 0.15) is 16.6 Å². The number of benzene rings is 1. The Morgan fingerprint density at radius 3 is 2.65 bits per heavy atom. The second-order valence-electron chi connectivity index (χ2n) is 7.30. The first-order chi connectivity index (χ1) is 16.1. The molecule has 0 unspecified atom stereocenters. The number of rotatable bonds is 7. The van der Waals surface area contributed by atoms with Gasteiger partial charge in [0.2, 0.25) is 0 Å². The molecule has 176 valence electrons. The second-order valence-corrected chi connectivity index (χ2v) is 8.12. The molecule has 0 atom stereocenters. The van der Waals surface area contributed by atoms with Crippen molar-refractivity contribution >= 4 is 40.7 Å². The molecule has 4 aromatic rings. The lowest BCUT2D eigenvalue weighted by Crippen LogP contribution is -2.17. The number of aromatic nitrogens is 5. The minimum absolute atomic E-state index is 0.00717. The van der Waals surface area contributed by atoms with Crippen molar-refractivity contribution in [1.29, 1.82) is 0 Å². The van der Waals surface area contributed by atoms with Gasteiger partial charge in [-0.05, 0) is 30.9 Å². The number of hydrogen-bond acceptors (Lipinski definition) is 7. The van der Waals surface area contributed by atoms with Gasteiger partial charge >= 0.3 is 5.82 Å². The van der Waals surface area contributed by atoms with E-state index in [4.69, 9.17) is 27.7 Å². The maximum atomic E-state index is 14.1. The molecule has 4 rings (SSSR count). The molecule has 0 fully saturated rings. The van der Waals surface area contributed by atoms with Gasteiger partial charge in [-0.1, -0.05) is 34.4 Å². The summed E-state index contributed by atoms with van der Waals surface area (Å²) in [6, 6.07) is 5.64. The molecule has 34 heavy (non-hydrogen) atoms. The molecule has 14 heteroatoms. The topological polar surface area (TPSA) is 134 Å². The third-order valence-corrected chi connectivity index (χ3v) is 5.62. The third kappa shape index (κ3) is 4.63. The molecule has 0 aliphatic heterocycles. The van der Waals surface area contributed by atoms with Crippen LogP contribution in [0.3, 0.4) is 0 Å². The number of anilines is 1. The highest BCUT2D eigenvalue weighted by atomic mass is 35.5. The standard InChI is InChI=1S/C20H16Cl2FN7O4/c1-10-6-17(30(32)33)25-29(10)8-12-11(2)34-27-18(12)20(31)24-19-15(22)9-28(26-19)7-13-14(21)4-3-5-16(13)23/h3-6,9H,7-8H2,1-2H3,(H,24,26,31). The second kappa shape index (κ2) is 9.23. The molecule has 1 N–H and O–H groups in total. The number of nitrogens with one attached hydrogen (secondary N) is 1. The summed E-state index contributed by atoms with van der Waals surface area (Å²) in [5.74, 6) is -1.11. The van der Waals surface area contributed by atoms with Gasteiger partial charge in [0.15, 0.2) is 11.5 Å². The molecule has 0 aliphatic carbocycles. The first kappa shape index (κ1) is 23.4. The van der Waals surface area contributed by atoms with Crippen LogP contribution in [-0.2, 0) is 13.1 Å². The maximum Gasteiger partial charge on any atom is 0.390 e. The predicted molar refractivity (Wildman–Crippen MR) is 120 cm³/mol. The Hall–Kier alpha value is -3.77. The Morgan fingerprint density at radius 1 is 1.21 bits per heavy atom. The average molecular weight is 508 g/mol. The summed E-state index contributed by atoms with van der Waals surface area (Å²) in [5.41, 5.74) is 1.07. The van der Waals surface area contributed by atoms with Gasteiger partial charge in [-0.25, -0.2) is 4.39 Å². The Morgan fingerprint density at radius 2 is 1.97 bits per heavy atom. The highest BCUT2D eigenvalue weighted by molar-refractivity contribution is 6.33. The minimum Gasteiger partial charge on any atom is -0.361 e. The van der Waals surface area contributed by atoms with Gasteiger partial charge in [-0.2, -0.15) is 9.78 Å². The van der Waals surface area contributed by atoms with Crippen molar-refractivity contribution in [2.75, 3.05) is 5.32 Å². The number of halogens is 3. The van der Waals surface area contributed by atoms with Crippen molar-refractivity contribution in [2.24, 2.45) is 0 Å². The first-order valence-corrected chi connectivity index (χ1v) is 10.5. The summed E-state index contributed by atoms with van der Waals surface area (Å²) in [7, 11) is 0. The van der Waals surface area contributed by atoms with Gasteiger partial charge in [0.25, 0.3) is 5.91 Å². The van der Waals surface area contributed by atoms with Crippen LogP contribution in [0.4, 0.5) is 16.0 Å². The third-order valence-electron chi connectivity index (χ3n) is 4.99. The summed E-state index contributed by atoms with van der Waals surface area (Å²) in [6.45, 7) is 3.27. The van der Waals surface area contributed by atoms with E-state index >= 15 is 0 Å². The van der Waals surface area contributed by atoms with Crippen molar-refractivity contribution in [2.45, 2.75) is 26.9 Å². The van der Waals surface area contributed by atoms with Gasteiger partial charge in [0, 0.05) is 16.8 Å². The van der Waals surface area contributed by atoms with Crippen molar-refractivity contribution in [3.05, 3.63) is 84.7 Å². The van der Waals surface area contributed by atoms with Gasteiger partial charge < -0.3 is 20.0 Å². The predicted octanol–water partition coefficient (Wildman–Crippen LogP) is 4.39. The fourth-order valence-electron chi connectivity index (χ4n) is 3.22. The Balaban J connectivity index is 1.55. The zero-order chi connectivity index (χ0) is 24.6. The van der Waals surface area contributed by atoms with E-state index in [0.717, 1.165) is 0 Å². The summed E-state index contributed by atoms with van der Waals surface area (Å²) in [6.07, 6.45) is 1.42. The molecule has 1 aromatic carbocycles. The van der Waals surface area contributed by atoms with Crippen molar-refractivity contribution in [3.8, 4) is 0 Å². The van der Waals surface area contributed by atoms with Crippen molar-refractivity contribution in [1.82, 2.24) is 24.7 Å². The van der Waals surface area contributed by atoms with E-state index in [0.29, 0.717) is 17.0 Å². The summed E-state index contributed by atoms with van der Waals surface area (Å²) >= 11 is 12.3. The van der Waals surface area contributed by atoms with E-state index in [2.05, 4.69) is 20.7 Å². The quantitative estimate of drug-likeness (QED) is 0.289. The molecule has 0 saturated carbocycles. The number of aryl methyl sites for hydroxylation is 2. The maximum absolute atomic E-state index is 14.1. The number of hydrogen-bond donors (Lipinski definition) is 1. The van der Waals surface area contributed by atoms with Crippen molar-refractivity contribution < 1.29 is 18.6 Å². The molecular formula is C20H16Cl2FN7O4. The number of carbonyl (C=O) groups excluding carboxylic acids is 1. The van der Waals surface area contributed by atoms with Gasteiger partial charge in [0.05, 0.1) is 35.5 Å². The van der Waals surface area contributed by atoms with Crippen LogP contribution in [0.25, 0.3) is 0 Å². The average Bonchev–Trinajstić information content (AvgIpc) is 3.43. The molecule has 11 nitrogen and oxygen atoms in total. The zero-order valence-electron chi connectivity index (χ0n) is 17.8. The van der Waals surface area contributed by atoms with Crippen molar-refractivity contribution in [3.63, 3.8) is 0 Å². The largest absolute Gasteiger partial charge is 0.390 e. The van der Waals surface area contributed by atoms with Crippen LogP contribution in [0.15, 0.2) is 35.0 Å². The lowest BCUT2D eigenvalue weighted by molar-refractivity contribution is -0.389. The van der Waals surface area contributed by atoms with Crippen LogP contribution in [-0.4, -0.2) is 35.5 Å². The molecule has 3 aromatic heterocycles. The van der Waals surface area contributed by atoms with E-state index in [1.54, 1.807) is 19.9 Å². The SMILES string of the molecule is Cc1onc(C(=O)Nc2nn(Cc3c(F)cccc3Cl)cc2Cl)c1Cn1nc([N+](=O)[O-])cc1C. The zero-order valence-corrected chi connectivity index (χ0v) is 19.3. The van der Waals surface area contributed by atoms with Gasteiger partial charge in [-0.15, -0.1) is 0 Å². The lowest BCUT2D eigenvalue weighted by atomic mass is 10.2. The van der Waals surface area contributed by atoms with E-state index in [-0.39, 0.29) is 46.0 Å². The molecule has 1 amide bonds. The lowest BCUT2D eigenvalue weighted by Gasteiger charge is -2.06. The van der Waals surface area contributed by atoms with Crippen LogP contribution in [0.1, 0.15) is 33.1 Å². The fourth-order valence-corrected chi connectivity index (χ4v) is 3.64. The van der Waals surface area contributed by atoms with Crippen LogP contribution < -0.4 is 5.32 Å². The van der Waals surface area contributed by atoms with Crippen LogP contribution in [0.2, 0.25) is 10.0 Å². The van der Waals surface area contributed by atoms with E-state index < -0.39 is 16.6 Å². The molecule has 0 saturated heterocycles. The highest BCUT2D eigenvalue weighted by Crippen LogP contribution is 2.25. The Kier molecular flexibility index (Phi) is 6.35. The Labute approximate surface area is 201 Å². The van der Waals surface area contributed by atoms with Crippen LogP contribution >= 0.6 is 23.2 Å². The van der Waals surface area contributed by atoms with E-state index in [9.17, 15) is 19.3 Å². The highest BCUT2D eigenvalue weighted by Gasteiger charge is 2.25. The monoisotopic (exact) mass is 507 g/mol. The fraction of sp³-hybridized carbons (Fsp3) is 0.200. The minimum atomic E-state index is -0.665. The molecule has 0 radical (unpaired) electrons. The van der Waals surface area contributed by atoms with Crippen LogP contribution in [0, 0.1) is 29.8 Å². The van der Waals surface area contributed by atoms with Crippen LogP contribution in [0.5, 0.6) is 0 Å². The normalized spacial score (nSPS) is 11.1. The van der Waals surface area contributed by atoms with Gasteiger partial charge in [-0.3, -0.25) is 9.48 Å². The smallest absolute Gasteiger partial charge is 0.361 e. The molecule has 0 bridgehead atoms. The first-order valence-electron chi connectivity index (χ1n) is 9.75.